The minimum atomic E-state index is -0.375. The maximum absolute atomic E-state index is 14.1. The Morgan fingerprint density at radius 3 is 2.90 bits per heavy atom. The van der Waals surface area contributed by atoms with Gasteiger partial charge in [0.1, 0.15) is 11.5 Å². The molecule has 1 unspecified atom stereocenters. The molecule has 0 spiro atoms. The van der Waals surface area contributed by atoms with Crippen molar-refractivity contribution in [2.45, 2.75) is 32.7 Å². The molecule has 1 aliphatic rings. The van der Waals surface area contributed by atoms with Crippen LogP contribution in [-0.4, -0.2) is 9.78 Å². The van der Waals surface area contributed by atoms with Gasteiger partial charge in [-0.05, 0) is 30.4 Å². The number of hydrogen-bond donors (Lipinski definition) is 1. The third-order valence-corrected chi connectivity index (χ3v) is 4.17. The topological polar surface area (TPSA) is 43.8 Å². The fourth-order valence-corrected chi connectivity index (χ4v) is 3.23. The number of benzene rings is 1. The predicted molar refractivity (Wildman–Crippen MR) is 77.6 cm³/mol. The third-order valence-electron chi connectivity index (χ3n) is 3.87. The summed E-state index contributed by atoms with van der Waals surface area (Å²) in [5.74, 6) is -0.375. The van der Waals surface area contributed by atoms with Crippen molar-refractivity contribution in [1.29, 1.82) is 0 Å². The van der Waals surface area contributed by atoms with Gasteiger partial charge in [-0.3, -0.25) is 0 Å². The summed E-state index contributed by atoms with van der Waals surface area (Å²) in [5, 5.41) is 4.67. The van der Waals surface area contributed by atoms with Crippen molar-refractivity contribution in [2.75, 3.05) is 0 Å². The van der Waals surface area contributed by atoms with Gasteiger partial charge in [0.15, 0.2) is 0 Å². The van der Waals surface area contributed by atoms with Crippen LogP contribution in [0, 0.1) is 11.2 Å². The molecule has 20 heavy (non-hydrogen) atoms. The van der Waals surface area contributed by atoms with E-state index >= 15 is 0 Å². The van der Waals surface area contributed by atoms with Gasteiger partial charge in [0.2, 0.25) is 0 Å². The highest BCUT2D eigenvalue weighted by Crippen LogP contribution is 2.40. The van der Waals surface area contributed by atoms with Crippen LogP contribution in [0.4, 0.5) is 4.39 Å². The molecule has 0 bridgehead atoms. The molecular formula is C15H17ClFN3. The maximum atomic E-state index is 14.1. The van der Waals surface area contributed by atoms with Gasteiger partial charge >= 0.3 is 0 Å². The highest BCUT2D eigenvalue weighted by Gasteiger charge is 2.34. The van der Waals surface area contributed by atoms with E-state index in [1.807, 2.05) is 0 Å². The van der Waals surface area contributed by atoms with E-state index in [2.05, 4.69) is 18.9 Å². The van der Waals surface area contributed by atoms with Gasteiger partial charge in [0.25, 0.3) is 0 Å². The quantitative estimate of drug-likeness (QED) is 0.872. The van der Waals surface area contributed by atoms with Crippen LogP contribution in [0.1, 0.15) is 37.6 Å². The monoisotopic (exact) mass is 293 g/mol. The molecule has 0 amide bonds. The first-order valence-corrected chi connectivity index (χ1v) is 7.03. The van der Waals surface area contributed by atoms with E-state index in [1.54, 1.807) is 23.0 Å². The molecule has 0 radical (unpaired) electrons. The van der Waals surface area contributed by atoms with Crippen LogP contribution in [-0.2, 0) is 6.42 Å². The maximum Gasteiger partial charge on any atom is 0.150 e. The van der Waals surface area contributed by atoms with Crippen LogP contribution in [0.3, 0.4) is 0 Å². The summed E-state index contributed by atoms with van der Waals surface area (Å²) >= 11 is 6.14. The molecule has 0 aliphatic heterocycles. The van der Waals surface area contributed by atoms with Crippen LogP contribution in [0.25, 0.3) is 5.69 Å². The fraction of sp³-hybridized carbons (Fsp3) is 0.400. The molecule has 0 saturated heterocycles. The van der Waals surface area contributed by atoms with E-state index in [0.717, 1.165) is 24.1 Å². The summed E-state index contributed by atoms with van der Waals surface area (Å²) < 4.78 is 15.7. The van der Waals surface area contributed by atoms with Gasteiger partial charge in [-0.25, -0.2) is 9.07 Å². The zero-order chi connectivity index (χ0) is 14.5. The molecule has 1 heterocycles. The predicted octanol–water partition coefficient (Wildman–Crippen LogP) is 3.64. The second-order valence-electron chi connectivity index (χ2n) is 6.18. The van der Waals surface area contributed by atoms with Gasteiger partial charge in [-0.1, -0.05) is 31.5 Å². The highest BCUT2D eigenvalue weighted by molar-refractivity contribution is 6.32. The Hall–Kier alpha value is -1.39. The van der Waals surface area contributed by atoms with Crippen molar-refractivity contribution in [3.05, 3.63) is 46.5 Å². The number of hydrogen-bond acceptors (Lipinski definition) is 2. The van der Waals surface area contributed by atoms with Crippen LogP contribution in [0.2, 0.25) is 5.02 Å². The average molecular weight is 294 g/mol. The van der Waals surface area contributed by atoms with Gasteiger partial charge in [-0.15, -0.1) is 0 Å². The molecule has 2 N–H and O–H groups in total. The first-order valence-electron chi connectivity index (χ1n) is 6.66. The van der Waals surface area contributed by atoms with Crippen LogP contribution >= 0.6 is 11.6 Å². The van der Waals surface area contributed by atoms with Gasteiger partial charge < -0.3 is 5.73 Å². The molecular weight excluding hydrogens is 277 g/mol. The summed E-state index contributed by atoms with van der Waals surface area (Å²) in [6.07, 6.45) is 3.44. The molecule has 5 heteroatoms. The average Bonchev–Trinajstić information content (AvgIpc) is 2.71. The molecule has 0 fully saturated rings. The number of rotatable bonds is 1. The minimum absolute atomic E-state index is 0.0620. The summed E-state index contributed by atoms with van der Waals surface area (Å²) in [4.78, 5) is 0. The Labute approximate surface area is 122 Å². The number of fused-ring (bicyclic) bond motifs is 1. The lowest BCUT2D eigenvalue weighted by atomic mass is 9.74. The Bertz CT molecular complexity index is 643. The van der Waals surface area contributed by atoms with E-state index in [-0.39, 0.29) is 17.3 Å². The molecule has 1 aliphatic carbocycles. The van der Waals surface area contributed by atoms with Crippen LogP contribution in [0.15, 0.2) is 24.4 Å². The number of halogens is 2. The van der Waals surface area contributed by atoms with E-state index < -0.39 is 0 Å². The fourth-order valence-electron chi connectivity index (χ4n) is 2.99. The summed E-state index contributed by atoms with van der Waals surface area (Å²) in [6, 6.07) is 4.59. The molecule has 0 saturated carbocycles. The second kappa shape index (κ2) is 4.57. The SMILES string of the molecule is CC1(C)Cc2c(cnn2-c2c(F)cccc2Cl)C(N)C1. The van der Waals surface area contributed by atoms with Crippen molar-refractivity contribution >= 4 is 11.6 Å². The standard InChI is InChI=1S/C15H17ClFN3/c1-15(2)6-12(18)9-8-19-20(13(9)7-15)14-10(16)4-3-5-11(14)17/h3-5,8,12H,6-7,18H2,1-2H3. The van der Waals surface area contributed by atoms with Gasteiger partial charge in [0, 0.05) is 17.3 Å². The van der Waals surface area contributed by atoms with Crippen molar-refractivity contribution in [1.82, 2.24) is 9.78 Å². The molecule has 1 aromatic carbocycles. The van der Waals surface area contributed by atoms with Crippen LogP contribution < -0.4 is 5.73 Å². The largest absolute Gasteiger partial charge is 0.324 e. The van der Waals surface area contributed by atoms with Crippen molar-refractivity contribution in [3.8, 4) is 5.69 Å². The van der Waals surface area contributed by atoms with E-state index in [4.69, 9.17) is 17.3 Å². The zero-order valence-corrected chi connectivity index (χ0v) is 12.3. The second-order valence-corrected chi connectivity index (χ2v) is 6.59. The number of nitrogens with zero attached hydrogens (tertiary/aromatic N) is 2. The lowest BCUT2D eigenvalue weighted by Gasteiger charge is -2.33. The van der Waals surface area contributed by atoms with E-state index in [1.165, 1.54) is 6.07 Å². The molecule has 1 atom stereocenters. The third kappa shape index (κ3) is 2.13. The Morgan fingerprint density at radius 1 is 1.45 bits per heavy atom. The number of aromatic nitrogens is 2. The minimum Gasteiger partial charge on any atom is -0.324 e. The van der Waals surface area contributed by atoms with Gasteiger partial charge in [-0.2, -0.15) is 5.10 Å². The molecule has 3 rings (SSSR count). The Morgan fingerprint density at radius 2 is 2.20 bits per heavy atom. The molecule has 3 nitrogen and oxygen atoms in total. The van der Waals surface area contributed by atoms with Crippen LogP contribution in [0.5, 0.6) is 0 Å². The Balaban J connectivity index is 2.19. The lowest BCUT2D eigenvalue weighted by Crippen LogP contribution is -2.30. The van der Waals surface area contributed by atoms with Crippen molar-refractivity contribution in [2.24, 2.45) is 11.1 Å². The number of nitrogens with two attached hydrogens (primary N) is 1. The first-order chi connectivity index (χ1) is 9.39. The molecule has 1 aromatic heterocycles. The normalized spacial score (nSPS) is 20.8. The van der Waals surface area contributed by atoms with E-state index in [9.17, 15) is 4.39 Å². The first kappa shape index (κ1) is 13.6. The molecule has 106 valence electrons. The summed E-state index contributed by atoms with van der Waals surface area (Å²) in [6.45, 7) is 4.33. The summed E-state index contributed by atoms with van der Waals surface area (Å²) in [7, 11) is 0. The smallest absolute Gasteiger partial charge is 0.150 e. The number of para-hydroxylation sites is 1. The van der Waals surface area contributed by atoms with Crippen molar-refractivity contribution in [3.63, 3.8) is 0 Å². The van der Waals surface area contributed by atoms with Gasteiger partial charge in [0.05, 0.1) is 11.2 Å². The highest BCUT2D eigenvalue weighted by atomic mass is 35.5. The Kier molecular flexibility index (Phi) is 3.10. The van der Waals surface area contributed by atoms with E-state index in [0.29, 0.717) is 10.7 Å². The van der Waals surface area contributed by atoms with Crippen molar-refractivity contribution < 1.29 is 4.39 Å². The lowest BCUT2D eigenvalue weighted by molar-refractivity contribution is 0.277. The summed E-state index contributed by atoms with van der Waals surface area (Å²) in [5.41, 5.74) is 8.54. The zero-order valence-electron chi connectivity index (χ0n) is 11.5. The molecule has 2 aromatic rings.